The van der Waals surface area contributed by atoms with Crippen LogP contribution in [0.15, 0.2) is 29.2 Å². The molecule has 21 heavy (non-hydrogen) atoms. The van der Waals surface area contributed by atoms with Crippen molar-refractivity contribution >= 4 is 11.8 Å². The predicted octanol–water partition coefficient (Wildman–Crippen LogP) is 5.39. The van der Waals surface area contributed by atoms with Crippen molar-refractivity contribution in [3.05, 3.63) is 29.8 Å². The zero-order chi connectivity index (χ0) is 15.3. The van der Waals surface area contributed by atoms with Gasteiger partial charge in [0.25, 0.3) is 0 Å². The van der Waals surface area contributed by atoms with Gasteiger partial charge < -0.3 is 5.32 Å². The quantitative estimate of drug-likeness (QED) is 0.783. The summed E-state index contributed by atoms with van der Waals surface area (Å²) in [6.07, 6.45) is 6.71. The normalized spacial score (nSPS) is 23.2. The van der Waals surface area contributed by atoms with Crippen LogP contribution in [0.4, 0.5) is 0 Å². The van der Waals surface area contributed by atoms with Crippen LogP contribution in [-0.2, 0) is 5.41 Å². The Morgan fingerprint density at radius 3 is 2.38 bits per heavy atom. The van der Waals surface area contributed by atoms with Gasteiger partial charge in [-0.25, -0.2) is 0 Å². The molecule has 0 spiro atoms. The zero-order valence-electron chi connectivity index (χ0n) is 14.1. The van der Waals surface area contributed by atoms with Gasteiger partial charge in [0.15, 0.2) is 0 Å². The van der Waals surface area contributed by atoms with Crippen molar-refractivity contribution in [2.75, 3.05) is 6.54 Å². The number of benzene rings is 1. The molecule has 118 valence electrons. The van der Waals surface area contributed by atoms with Crippen molar-refractivity contribution in [3.8, 4) is 0 Å². The monoisotopic (exact) mass is 305 g/mol. The first-order valence-electron chi connectivity index (χ1n) is 8.51. The summed E-state index contributed by atoms with van der Waals surface area (Å²) in [4.78, 5) is 1.43. The van der Waals surface area contributed by atoms with Gasteiger partial charge in [0.05, 0.1) is 0 Å². The minimum Gasteiger partial charge on any atom is -0.313 e. The lowest BCUT2D eigenvalue weighted by molar-refractivity contribution is 0.384. The highest BCUT2D eigenvalue weighted by atomic mass is 32.2. The molecule has 0 saturated heterocycles. The molecule has 2 rings (SSSR count). The van der Waals surface area contributed by atoms with Gasteiger partial charge >= 0.3 is 0 Å². The number of rotatable bonds is 5. The van der Waals surface area contributed by atoms with Crippen molar-refractivity contribution in [1.29, 1.82) is 0 Å². The van der Waals surface area contributed by atoms with E-state index in [0.29, 0.717) is 6.04 Å². The standard InChI is InChI=1S/C19H31NS/c1-5-14-20-17-8-6-7-9-18(17)21-16-12-10-15(11-13-16)19(2,3)4/h10-13,17-18,20H,5-9,14H2,1-4H3. The van der Waals surface area contributed by atoms with E-state index in [2.05, 4.69) is 69.0 Å². The van der Waals surface area contributed by atoms with E-state index in [0.717, 1.165) is 11.8 Å². The lowest BCUT2D eigenvalue weighted by atomic mass is 9.87. The minimum absolute atomic E-state index is 0.249. The molecule has 1 N–H and O–H groups in total. The molecule has 0 amide bonds. The second kappa shape index (κ2) is 7.69. The van der Waals surface area contributed by atoms with Gasteiger partial charge in [0.1, 0.15) is 0 Å². The van der Waals surface area contributed by atoms with E-state index in [1.807, 2.05) is 0 Å². The molecule has 1 aromatic carbocycles. The highest BCUT2D eigenvalue weighted by Crippen LogP contribution is 2.35. The number of thioether (sulfide) groups is 1. The third-order valence-corrected chi connectivity index (χ3v) is 5.78. The van der Waals surface area contributed by atoms with Crippen molar-refractivity contribution in [3.63, 3.8) is 0 Å². The average molecular weight is 306 g/mol. The van der Waals surface area contributed by atoms with Crippen LogP contribution in [0.3, 0.4) is 0 Å². The van der Waals surface area contributed by atoms with E-state index < -0.39 is 0 Å². The van der Waals surface area contributed by atoms with Crippen LogP contribution < -0.4 is 5.32 Å². The molecule has 2 unspecified atom stereocenters. The maximum atomic E-state index is 3.76. The van der Waals surface area contributed by atoms with E-state index in [1.165, 1.54) is 42.6 Å². The molecule has 1 saturated carbocycles. The Kier molecular flexibility index (Phi) is 6.19. The molecular weight excluding hydrogens is 274 g/mol. The summed E-state index contributed by atoms with van der Waals surface area (Å²) in [5.41, 5.74) is 1.68. The molecule has 0 aromatic heterocycles. The van der Waals surface area contributed by atoms with E-state index in [4.69, 9.17) is 0 Å². The van der Waals surface area contributed by atoms with Gasteiger partial charge in [-0.05, 0) is 48.9 Å². The molecule has 2 heteroatoms. The molecule has 2 atom stereocenters. The molecule has 0 aliphatic heterocycles. The van der Waals surface area contributed by atoms with Crippen LogP contribution in [0.5, 0.6) is 0 Å². The SMILES string of the molecule is CCCNC1CCCCC1Sc1ccc(C(C)(C)C)cc1. The molecule has 0 radical (unpaired) electrons. The van der Waals surface area contributed by atoms with Crippen LogP contribution in [0.25, 0.3) is 0 Å². The average Bonchev–Trinajstić information content (AvgIpc) is 2.46. The summed E-state index contributed by atoms with van der Waals surface area (Å²) in [6.45, 7) is 10.2. The molecule has 1 aliphatic rings. The van der Waals surface area contributed by atoms with E-state index in [1.54, 1.807) is 0 Å². The van der Waals surface area contributed by atoms with Crippen molar-refractivity contribution < 1.29 is 0 Å². The molecular formula is C19H31NS. The molecule has 1 nitrogen and oxygen atoms in total. The smallest absolute Gasteiger partial charge is 0.0248 e. The second-order valence-corrected chi connectivity index (χ2v) is 8.59. The van der Waals surface area contributed by atoms with Crippen molar-refractivity contribution in [1.82, 2.24) is 5.32 Å². The second-order valence-electron chi connectivity index (χ2n) is 7.28. The summed E-state index contributed by atoms with van der Waals surface area (Å²) >= 11 is 2.08. The summed E-state index contributed by atoms with van der Waals surface area (Å²) in [6, 6.07) is 9.94. The Morgan fingerprint density at radius 1 is 1.10 bits per heavy atom. The van der Waals surface area contributed by atoms with Gasteiger partial charge in [0, 0.05) is 16.2 Å². The largest absolute Gasteiger partial charge is 0.313 e. The summed E-state index contributed by atoms with van der Waals surface area (Å²) in [7, 11) is 0. The summed E-state index contributed by atoms with van der Waals surface area (Å²) in [5, 5.41) is 4.50. The van der Waals surface area contributed by atoms with Gasteiger partial charge in [-0.15, -0.1) is 11.8 Å². The molecule has 0 heterocycles. The third kappa shape index (κ3) is 5.03. The Bertz CT molecular complexity index is 418. The molecule has 1 fully saturated rings. The van der Waals surface area contributed by atoms with Crippen LogP contribution in [0.2, 0.25) is 0 Å². The summed E-state index contributed by atoms with van der Waals surface area (Å²) in [5.74, 6) is 0. The Morgan fingerprint density at radius 2 is 1.76 bits per heavy atom. The van der Waals surface area contributed by atoms with Crippen LogP contribution in [-0.4, -0.2) is 17.8 Å². The number of hydrogen-bond acceptors (Lipinski definition) is 2. The fourth-order valence-corrected chi connectivity index (χ4v) is 4.33. The van der Waals surface area contributed by atoms with Gasteiger partial charge in [-0.3, -0.25) is 0 Å². The van der Waals surface area contributed by atoms with Gasteiger partial charge in [-0.1, -0.05) is 52.7 Å². The van der Waals surface area contributed by atoms with E-state index >= 15 is 0 Å². The minimum atomic E-state index is 0.249. The van der Waals surface area contributed by atoms with Gasteiger partial charge in [0.2, 0.25) is 0 Å². The summed E-state index contributed by atoms with van der Waals surface area (Å²) < 4.78 is 0. The first-order chi connectivity index (χ1) is 10.0. The first-order valence-corrected chi connectivity index (χ1v) is 9.39. The van der Waals surface area contributed by atoms with Gasteiger partial charge in [-0.2, -0.15) is 0 Å². The maximum absolute atomic E-state index is 3.76. The van der Waals surface area contributed by atoms with Crippen LogP contribution >= 0.6 is 11.8 Å². The number of nitrogens with one attached hydrogen (secondary N) is 1. The lowest BCUT2D eigenvalue weighted by Crippen LogP contribution is -2.40. The highest BCUT2D eigenvalue weighted by molar-refractivity contribution is 8.00. The van der Waals surface area contributed by atoms with Crippen LogP contribution in [0, 0.1) is 0 Å². The Balaban J connectivity index is 1.98. The van der Waals surface area contributed by atoms with Crippen molar-refractivity contribution in [2.45, 2.75) is 81.4 Å². The molecule has 1 aliphatic carbocycles. The van der Waals surface area contributed by atoms with Crippen molar-refractivity contribution in [2.24, 2.45) is 0 Å². The topological polar surface area (TPSA) is 12.0 Å². The number of hydrogen-bond donors (Lipinski definition) is 1. The third-order valence-electron chi connectivity index (χ3n) is 4.37. The van der Waals surface area contributed by atoms with E-state index in [-0.39, 0.29) is 5.41 Å². The van der Waals surface area contributed by atoms with E-state index in [9.17, 15) is 0 Å². The fourth-order valence-electron chi connectivity index (χ4n) is 3.01. The first kappa shape index (κ1) is 16.9. The maximum Gasteiger partial charge on any atom is 0.0248 e. The lowest BCUT2D eigenvalue weighted by Gasteiger charge is -2.32. The zero-order valence-corrected chi connectivity index (χ0v) is 14.9. The Labute approximate surface area is 135 Å². The predicted molar refractivity (Wildman–Crippen MR) is 95.3 cm³/mol. The fraction of sp³-hybridized carbons (Fsp3) is 0.684. The van der Waals surface area contributed by atoms with Crippen LogP contribution in [0.1, 0.15) is 65.4 Å². The Hall–Kier alpha value is -0.470. The molecule has 0 bridgehead atoms. The molecule has 1 aromatic rings. The highest BCUT2D eigenvalue weighted by Gasteiger charge is 2.25.